The molecule has 0 spiro atoms. The van der Waals surface area contributed by atoms with Crippen LogP contribution in [0.5, 0.6) is 0 Å². The van der Waals surface area contributed by atoms with Gasteiger partial charge in [-0.1, -0.05) is 12.2 Å². The molecule has 1 saturated carbocycles. The summed E-state index contributed by atoms with van der Waals surface area (Å²) in [5.41, 5.74) is 0. The van der Waals surface area contributed by atoms with E-state index in [0.717, 1.165) is 6.42 Å². The maximum absolute atomic E-state index is 12.3. The number of amides is 3. The predicted octanol–water partition coefficient (Wildman–Crippen LogP) is 0.148. The number of alkyl halides is 1. The molecule has 102 valence electrons. The van der Waals surface area contributed by atoms with Gasteiger partial charge in [-0.25, -0.2) is 0 Å². The molecule has 1 aliphatic heterocycles. The number of imide groups is 1. The van der Waals surface area contributed by atoms with Gasteiger partial charge in [0.1, 0.15) is 5.88 Å². The van der Waals surface area contributed by atoms with Crippen LogP contribution in [-0.4, -0.2) is 41.6 Å². The third-order valence-electron chi connectivity index (χ3n) is 4.34. The molecule has 4 atom stereocenters. The lowest BCUT2D eigenvalue weighted by Crippen LogP contribution is -2.40. The van der Waals surface area contributed by atoms with Gasteiger partial charge in [-0.3, -0.25) is 19.3 Å². The van der Waals surface area contributed by atoms with Crippen molar-refractivity contribution < 1.29 is 14.4 Å². The van der Waals surface area contributed by atoms with E-state index >= 15 is 0 Å². The molecule has 0 aromatic heterocycles. The first kappa shape index (κ1) is 12.7. The van der Waals surface area contributed by atoms with Crippen molar-refractivity contribution in [2.24, 2.45) is 23.7 Å². The summed E-state index contributed by atoms with van der Waals surface area (Å²) < 4.78 is 0. The monoisotopic (exact) mass is 282 g/mol. The first-order valence-electron chi connectivity index (χ1n) is 6.49. The average molecular weight is 283 g/mol. The number of nitrogens with zero attached hydrogens (tertiary/aromatic N) is 1. The maximum atomic E-state index is 12.3. The van der Waals surface area contributed by atoms with Crippen molar-refractivity contribution in [2.75, 3.05) is 19.0 Å². The highest BCUT2D eigenvalue weighted by molar-refractivity contribution is 6.27. The van der Waals surface area contributed by atoms with Gasteiger partial charge in [-0.2, -0.15) is 0 Å². The van der Waals surface area contributed by atoms with E-state index in [4.69, 9.17) is 11.6 Å². The van der Waals surface area contributed by atoms with E-state index < -0.39 is 0 Å². The summed E-state index contributed by atoms with van der Waals surface area (Å²) in [4.78, 5) is 36.8. The Labute approximate surface area is 116 Å². The van der Waals surface area contributed by atoms with E-state index in [-0.39, 0.29) is 60.4 Å². The van der Waals surface area contributed by atoms with Crippen molar-refractivity contribution in [3.63, 3.8) is 0 Å². The summed E-state index contributed by atoms with van der Waals surface area (Å²) in [7, 11) is 0. The summed E-state index contributed by atoms with van der Waals surface area (Å²) in [6, 6.07) is 0. The summed E-state index contributed by atoms with van der Waals surface area (Å²) >= 11 is 5.36. The molecule has 1 N–H and O–H groups in total. The van der Waals surface area contributed by atoms with E-state index in [9.17, 15) is 14.4 Å². The lowest BCUT2D eigenvalue weighted by atomic mass is 9.85. The van der Waals surface area contributed by atoms with E-state index in [0.29, 0.717) is 0 Å². The number of hydrogen-bond donors (Lipinski definition) is 1. The van der Waals surface area contributed by atoms with Gasteiger partial charge in [0.15, 0.2) is 0 Å². The molecular formula is C13H15ClN2O3. The van der Waals surface area contributed by atoms with Crippen molar-refractivity contribution in [3.05, 3.63) is 12.2 Å². The minimum Gasteiger partial charge on any atom is -0.353 e. The van der Waals surface area contributed by atoms with Crippen LogP contribution in [0, 0.1) is 23.7 Å². The Hall–Kier alpha value is -1.36. The topological polar surface area (TPSA) is 66.5 Å². The van der Waals surface area contributed by atoms with Gasteiger partial charge in [0, 0.05) is 13.1 Å². The summed E-state index contributed by atoms with van der Waals surface area (Å²) in [5.74, 6) is -0.414. The number of carbonyl (C=O) groups is 3. The molecule has 5 nitrogen and oxygen atoms in total. The number of carbonyl (C=O) groups excluding carboxylic acids is 3. The minimum atomic E-state index is -0.289. The zero-order chi connectivity index (χ0) is 13.6. The minimum absolute atomic E-state index is 0.0769. The van der Waals surface area contributed by atoms with Gasteiger partial charge in [-0.15, -0.1) is 11.6 Å². The van der Waals surface area contributed by atoms with E-state index in [1.54, 1.807) is 0 Å². The van der Waals surface area contributed by atoms with E-state index in [1.165, 1.54) is 4.90 Å². The highest BCUT2D eigenvalue weighted by Crippen LogP contribution is 2.52. The Morgan fingerprint density at radius 2 is 1.84 bits per heavy atom. The molecule has 0 unspecified atom stereocenters. The van der Waals surface area contributed by atoms with Crippen molar-refractivity contribution in [3.8, 4) is 0 Å². The average Bonchev–Trinajstić information content (AvgIpc) is 3.07. The van der Waals surface area contributed by atoms with Crippen LogP contribution >= 0.6 is 11.6 Å². The molecule has 2 fully saturated rings. The molecule has 3 amide bonds. The zero-order valence-corrected chi connectivity index (χ0v) is 11.1. The van der Waals surface area contributed by atoms with Gasteiger partial charge in [0.2, 0.25) is 17.7 Å². The summed E-state index contributed by atoms with van der Waals surface area (Å²) in [6.45, 7) is 0.512. The van der Waals surface area contributed by atoms with Crippen LogP contribution in [0.1, 0.15) is 6.42 Å². The van der Waals surface area contributed by atoms with Gasteiger partial charge in [0.05, 0.1) is 11.8 Å². The molecule has 0 aromatic carbocycles. The SMILES string of the molecule is O=C(CCl)NCCN1C(=O)[C@@H]2[C@H](C1=O)[C@H]1C=C[C@@H]2C1. The molecular weight excluding hydrogens is 268 g/mol. The second-order valence-electron chi connectivity index (χ2n) is 5.31. The fourth-order valence-corrected chi connectivity index (χ4v) is 3.63. The van der Waals surface area contributed by atoms with Crippen molar-refractivity contribution in [1.82, 2.24) is 10.2 Å². The molecule has 0 radical (unpaired) electrons. The lowest BCUT2D eigenvalue weighted by Gasteiger charge is -2.17. The van der Waals surface area contributed by atoms with Crippen molar-refractivity contribution in [2.45, 2.75) is 6.42 Å². The molecule has 19 heavy (non-hydrogen) atoms. The highest BCUT2D eigenvalue weighted by Gasteiger charge is 2.58. The van der Waals surface area contributed by atoms with Crippen LogP contribution in [0.25, 0.3) is 0 Å². The first-order valence-corrected chi connectivity index (χ1v) is 7.03. The van der Waals surface area contributed by atoms with Gasteiger partial charge in [0.25, 0.3) is 0 Å². The molecule has 1 heterocycles. The first-order chi connectivity index (χ1) is 9.13. The summed E-state index contributed by atoms with van der Waals surface area (Å²) in [6.07, 6.45) is 5.06. The molecule has 3 rings (SSSR count). The number of allylic oxidation sites excluding steroid dienone is 2. The Bertz CT molecular complexity index is 447. The van der Waals surface area contributed by atoms with Crippen LogP contribution < -0.4 is 5.32 Å². The van der Waals surface area contributed by atoms with Gasteiger partial charge in [-0.05, 0) is 18.3 Å². The highest BCUT2D eigenvalue weighted by atomic mass is 35.5. The zero-order valence-electron chi connectivity index (χ0n) is 10.3. The van der Waals surface area contributed by atoms with Gasteiger partial charge < -0.3 is 5.32 Å². The van der Waals surface area contributed by atoms with Crippen molar-refractivity contribution >= 4 is 29.3 Å². The number of fused-ring (bicyclic) bond motifs is 5. The predicted molar refractivity (Wildman–Crippen MR) is 68.2 cm³/mol. The fraction of sp³-hybridized carbons (Fsp3) is 0.615. The smallest absolute Gasteiger partial charge is 0.234 e. The second-order valence-corrected chi connectivity index (χ2v) is 5.58. The molecule has 0 aromatic rings. The number of rotatable bonds is 4. The number of halogens is 1. The van der Waals surface area contributed by atoms with Crippen LogP contribution in [0.4, 0.5) is 0 Å². The third kappa shape index (κ3) is 1.87. The van der Waals surface area contributed by atoms with E-state index in [2.05, 4.69) is 17.5 Å². The molecule has 2 bridgehead atoms. The Morgan fingerprint density at radius 3 is 2.37 bits per heavy atom. The second kappa shape index (κ2) is 4.63. The van der Waals surface area contributed by atoms with Crippen LogP contribution in [0.3, 0.4) is 0 Å². The normalized spacial score (nSPS) is 35.1. The maximum Gasteiger partial charge on any atom is 0.234 e. The summed E-state index contributed by atoms with van der Waals surface area (Å²) in [5, 5.41) is 2.57. The largest absolute Gasteiger partial charge is 0.353 e. The molecule has 1 saturated heterocycles. The molecule has 2 aliphatic carbocycles. The Balaban J connectivity index is 1.64. The Morgan fingerprint density at radius 1 is 1.26 bits per heavy atom. The van der Waals surface area contributed by atoms with Crippen LogP contribution in [-0.2, 0) is 14.4 Å². The fourth-order valence-electron chi connectivity index (χ4n) is 3.54. The van der Waals surface area contributed by atoms with E-state index in [1.807, 2.05) is 0 Å². The quantitative estimate of drug-likeness (QED) is 0.453. The lowest BCUT2D eigenvalue weighted by molar-refractivity contribution is -0.141. The molecule has 3 aliphatic rings. The van der Waals surface area contributed by atoms with Crippen molar-refractivity contribution in [1.29, 1.82) is 0 Å². The Kier molecular flexibility index (Phi) is 3.09. The number of likely N-dealkylation sites (tertiary alicyclic amines) is 1. The number of hydrogen-bond acceptors (Lipinski definition) is 3. The number of nitrogens with one attached hydrogen (secondary N) is 1. The standard InChI is InChI=1S/C13H15ClN2O3/c14-6-9(17)15-3-4-16-12(18)10-7-1-2-8(5-7)11(10)13(16)19/h1-2,7-8,10-11H,3-6H2,(H,15,17)/t7-,8+,10+,11-. The van der Waals surface area contributed by atoms with Gasteiger partial charge >= 0.3 is 0 Å². The third-order valence-corrected chi connectivity index (χ3v) is 4.58. The van der Waals surface area contributed by atoms with Crippen LogP contribution in [0.2, 0.25) is 0 Å². The van der Waals surface area contributed by atoms with Crippen LogP contribution in [0.15, 0.2) is 12.2 Å². The molecule has 6 heteroatoms.